The van der Waals surface area contributed by atoms with E-state index in [0.717, 1.165) is 5.56 Å². The van der Waals surface area contributed by atoms with Crippen LogP contribution in [0, 0.1) is 0 Å². The van der Waals surface area contributed by atoms with Crippen LogP contribution in [-0.2, 0) is 4.79 Å². The Morgan fingerprint density at radius 2 is 1.96 bits per heavy atom. The van der Waals surface area contributed by atoms with Crippen molar-refractivity contribution < 1.29 is 4.79 Å². The number of anilines is 1. The zero-order chi connectivity index (χ0) is 17.8. The summed E-state index contributed by atoms with van der Waals surface area (Å²) in [5.74, 6) is 0.469. The number of nitrogens with zero attached hydrogens (tertiary/aromatic N) is 2. The first-order valence-electron chi connectivity index (χ1n) is 7.43. The zero-order valence-electron chi connectivity index (χ0n) is 13.2. The number of carbonyl (C=O) groups excluding carboxylic acids is 1. The average molecular weight is 393 g/mol. The largest absolute Gasteiger partial charge is 0.324 e. The van der Waals surface area contributed by atoms with Gasteiger partial charge in [0.25, 0.3) is 0 Å². The minimum Gasteiger partial charge on any atom is -0.324 e. The van der Waals surface area contributed by atoms with Crippen LogP contribution in [0.2, 0.25) is 10.0 Å². The Morgan fingerprint density at radius 1 is 1.20 bits per heavy atom. The molecule has 1 atom stereocenters. The number of thioether (sulfide) groups is 1. The van der Waals surface area contributed by atoms with Gasteiger partial charge in [-0.3, -0.25) is 9.89 Å². The second-order valence-corrected chi connectivity index (χ2v) is 7.36. The molecule has 8 heteroatoms. The first-order chi connectivity index (χ1) is 12.0. The van der Waals surface area contributed by atoms with E-state index < -0.39 is 5.25 Å². The Balaban J connectivity index is 1.65. The van der Waals surface area contributed by atoms with Crippen molar-refractivity contribution in [2.45, 2.75) is 17.3 Å². The van der Waals surface area contributed by atoms with E-state index in [1.54, 1.807) is 25.1 Å². The van der Waals surface area contributed by atoms with Crippen LogP contribution in [0.3, 0.4) is 0 Å². The van der Waals surface area contributed by atoms with Crippen molar-refractivity contribution >= 4 is 46.6 Å². The van der Waals surface area contributed by atoms with Gasteiger partial charge >= 0.3 is 0 Å². The number of hydrogen-bond donors (Lipinski definition) is 2. The Labute approximate surface area is 159 Å². The molecule has 0 aliphatic heterocycles. The first-order valence-corrected chi connectivity index (χ1v) is 9.07. The fourth-order valence-electron chi connectivity index (χ4n) is 2.06. The summed E-state index contributed by atoms with van der Waals surface area (Å²) in [7, 11) is 0. The topological polar surface area (TPSA) is 70.7 Å². The second kappa shape index (κ2) is 7.91. The van der Waals surface area contributed by atoms with Gasteiger partial charge in [-0.1, -0.05) is 65.3 Å². The van der Waals surface area contributed by atoms with Gasteiger partial charge in [0.2, 0.25) is 11.1 Å². The van der Waals surface area contributed by atoms with Crippen LogP contribution in [0.1, 0.15) is 6.92 Å². The molecule has 2 aromatic carbocycles. The maximum Gasteiger partial charge on any atom is 0.237 e. The predicted octanol–water partition coefficient (Wildman–Crippen LogP) is 4.90. The van der Waals surface area contributed by atoms with Crippen molar-refractivity contribution in [1.29, 1.82) is 0 Å². The molecule has 0 bridgehead atoms. The highest BCUT2D eigenvalue weighted by molar-refractivity contribution is 8.00. The average Bonchev–Trinajstić information content (AvgIpc) is 3.06. The van der Waals surface area contributed by atoms with Crippen molar-refractivity contribution in [3.63, 3.8) is 0 Å². The molecule has 128 valence electrons. The molecule has 1 amide bonds. The van der Waals surface area contributed by atoms with E-state index in [1.807, 2.05) is 30.3 Å². The Hall–Kier alpha value is -2.02. The molecule has 3 aromatic rings. The molecule has 0 saturated carbocycles. The number of rotatable bonds is 5. The lowest BCUT2D eigenvalue weighted by Crippen LogP contribution is -2.22. The lowest BCUT2D eigenvalue weighted by Gasteiger charge is -2.11. The van der Waals surface area contributed by atoms with E-state index >= 15 is 0 Å². The number of aromatic amines is 1. The fraction of sp³-hybridized carbons (Fsp3) is 0.118. The number of hydrogen-bond acceptors (Lipinski definition) is 4. The van der Waals surface area contributed by atoms with E-state index in [2.05, 4.69) is 20.5 Å². The summed E-state index contributed by atoms with van der Waals surface area (Å²) in [6.45, 7) is 1.78. The molecule has 1 aromatic heterocycles. The number of benzene rings is 2. The van der Waals surface area contributed by atoms with Gasteiger partial charge in [0.1, 0.15) is 0 Å². The lowest BCUT2D eigenvalue weighted by molar-refractivity contribution is -0.115. The molecule has 1 heterocycles. The van der Waals surface area contributed by atoms with Gasteiger partial charge in [-0.05, 0) is 25.1 Å². The summed E-state index contributed by atoms with van der Waals surface area (Å²) >= 11 is 13.2. The molecule has 25 heavy (non-hydrogen) atoms. The van der Waals surface area contributed by atoms with Crippen LogP contribution in [0.15, 0.2) is 53.7 Å². The molecule has 0 spiro atoms. The maximum absolute atomic E-state index is 12.3. The second-order valence-electron chi connectivity index (χ2n) is 5.21. The van der Waals surface area contributed by atoms with Crippen LogP contribution in [0.4, 0.5) is 5.69 Å². The van der Waals surface area contributed by atoms with Gasteiger partial charge in [0, 0.05) is 10.6 Å². The third kappa shape index (κ3) is 4.54. The normalized spacial score (nSPS) is 12.0. The SMILES string of the molecule is CC(Sc1n[nH]c(-c2ccccc2)n1)C(=O)Nc1ccc(Cl)cc1Cl. The minimum absolute atomic E-state index is 0.194. The van der Waals surface area contributed by atoms with Gasteiger partial charge in [-0.15, -0.1) is 5.10 Å². The molecule has 0 aliphatic rings. The Bertz CT molecular complexity index is 885. The smallest absolute Gasteiger partial charge is 0.237 e. The van der Waals surface area contributed by atoms with Gasteiger partial charge in [0.15, 0.2) is 5.82 Å². The summed E-state index contributed by atoms with van der Waals surface area (Å²) < 4.78 is 0. The summed E-state index contributed by atoms with van der Waals surface area (Å²) in [5, 5.41) is 10.8. The third-order valence-electron chi connectivity index (χ3n) is 3.35. The molecule has 2 N–H and O–H groups in total. The molecule has 0 fully saturated rings. The summed E-state index contributed by atoms with van der Waals surface area (Å²) in [5.41, 5.74) is 1.45. The highest BCUT2D eigenvalue weighted by Crippen LogP contribution is 2.27. The molecule has 3 rings (SSSR count). The van der Waals surface area contributed by atoms with E-state index in [9.17, 15) is 4.79 Å². The Kier molecular flexibility index (Phi) is 5.63. The van der Waals surface area contributed by atoms with Gasteiger partial charge in [-0.25, -0.2) is 4.98 Å². The first kappa shape index (κ1) is 17.8. The molecular formula is C17H14Cl2N4OS. The molecule has 0 aliphatic carbocycles. The highest BCUT2D eigenvalue weighted by Gasteiger charge is 2.18. The van der Waals surface area contributed by atoms with E-state index in [0.29, 0.717) is 26.7 Å². The van der Waals surface area contributed by atoms with E-state index in [1.165, 1.54) is 11.8 Å². The molecular weight excluding hydrogens is 379 g/mol. The summed E-state index contributed by atoms with van der Waals surface area (Å²) in [4.78, 5) is 16.8. The van der Waals surface area contributed by atoms with E-state index in [4.69, 9.17) is 23.2 Å². The van der Waals surface area contributed by atoms with Crippen LogP contribution < -0.4 is 5.32 Å². The monoisotopic (exact) mass is 392 g/mol. The van der Waals surface area contributed by atoms with Crippen LogP contribution in [0.5, 0.6) is 0 Å². The predicted molar refractivity (Wildman–Crippen MR) is 102 cm³/mol. The maximum atomic E-state index is 12.3. The van der Waals surface area contributed by atoms with Crippen LogP contribution in [-0.4, -0.2) is 26.3 Å². The van der Waals surface area contributed by atoms with Crippen molar-refractivity contribution in [3.05, 3.63) is 58.6 Å². The lowest BCUT2D eigenvalue weighted by atomic mass is 10.2. The number of H-pyrrole nitrogens is 1. The number of halogens is 2. The van der Waals surface area contributed by atoms with Crippen molar-refractivity contribution in [3.8, 4) is 11.4 Å². The quantitative estimate of drug-likeness (QED) is 0.605. The standard InChI is InChI=1S/C17H14Cl2N4OS/c1-10(16(24)20-14-8-7-12(18)9-13(14)19)25-17-21-15(22-23-17)11-5-3-2-4-6-11/h2-10H,1H3,(H,20,24)(H,21,22,23). The third-order valence-corrected chi connectivity index (χ3v) is 4.86. The number of aromatic nitrogens is 3. The van der Waals surface area contributed by atoms with Crippen LogP contribution in [0.25, 0.3) is 11.4 Å². The van der Waals surface area contributed by atoms with E-state index in [-0.39, 0.29) is 5.91 Å². The fourth-order valence-corrected chi connectivity index (χ4v) is 3.24. The Morgan fingerprint density at radius 3 is 2.68 bits per heavy atom. The van der Waals surface area contributed by atoms with Gasteiger partial charge < -0.3 is 5.32 Å². The van der Waals surface area contributed by atoms with Gasteiger partial charge in [-0.2, -0.15) is 0 Å². The molecule has 5 nitrogen and oxygen atoms in total. The number of nitrogens with one attached hydrogen (secondary N) is 2. The van der Waals surface area contributed by atoms with Crippen molar-refractivity contribution in [1.82, 2.24) is 15.2 Å². The highest BCUT2D eigenvalue weighted by atomic mass is 35.5. The molecule has 1 unspecified atom stereocenters. The zero-order valence-corrected chi connectivity index (χ0v) is 15.5. The van der Waals surface area contributed by atoms with Gasteiger partial charge in [0.05, 0.1) is 16.0 Å². The summed E-state index contributed by atoms with van der Waals surface area (Å²) in [6, 6.07) is 14.6. The van der Waals surface area contributed by atoms with Crippen molar-refractivity contribution in [2.75, 3.05) is 5.32 Å². The molecule has 0 saturated heterocycles. The molecule has 0 radical (unpaired) electrons. The van der Waals surface area contributed by atoms with Crippen molar-refractivity contribution in [2.24, 2.45) is 0 Å². The number of amides is 1. The minimum atomic E-state index is -0.397. The summed E-state index contributed by atoms with van der Waals surface area (Å²) in [6.07, 6.45) is 0. The van der Waals surface area contributed by atoms with Crippen LogP contribution >= 0.6 is 35.0 Å². The number of carbonyl (C=O) groups is 1.